The van der Waals surface area contributed by atoms with Gasteiger partial charge in [0.1, 0.15) is 11.4 Å². The molecule has 3 aromatic rings. The van der Waals surface area contributed by atoms with Gasteiger partial charge in [0.05, 0.1) is 6.04 Å². The molecule has 35 heavy (non-hydrogen) atoms. The van der Waals surface area contributed by atoms with Gasteiger partial charge < -0.3 is 10.2 Å². The number of allylic oxidation sites excluding steroid dienone is 1. The summed E-state index contributed by atoms with van der Waals surface area (Å²) in [6.07, 6.45) is 3.95. The molecule has 3 nitrogen and oxygen atoms in total. The van der Waals surface area contributed by atoms with Crippen molar-refractivity contribution in [2.24, 2.45) is 11.8 Å². The van der Waals surface area contributed by atoms with Gasteiger partial charge in [0, 0.05) is 10.5 Å². The van der Waals surface area contributed by atoms with E-state index in [1.807, 2.05) is 30.5 Å². The highest BCUT2D eigenvalue weighted by Crippen LogP contribution is 2.45. The van der Waals surface area contributed by atoms with Crippen molar-refractivity contribution in [3.8, 4) is 0 Å². The molecule has 2 N–H and O–H groups in total. The fourth-order valence-corrected chi connectivity index (χ4v) is 5.62. The predicted molar refractivity (Wildman–Crippen MR) is 151 cm³/mol. The molecule has 180 valence electrons. The zero-order valence-electron chi connectivity index (χ0n) is 20.7. The van der Waals surface area contributed by atoms with E-state index in [1.165, 1.54) is 0 Å². The normalized spacial score (nSPS) is 19.0. The zero-order valence-corrected chi connectivity index (χ0v) is 22.2. The molecule has 0 spiro atoms. The number of rotatable bonds is 7. The van der Waals surface area contributed by atoms with Crippen molar-refractivity contribution in [1.29, 1.82) is 5.41 Å². The van der Waals surface area contributed by atoms with Crippen molar-refractivity contribution in [2.75, 3.05) is 0 Å². The Labute approximate surface area is 218 Å². The van der Waals surface area contributed by atoms with E-state index in [0.717, 1.165) is 22.4 Å². The van der Waals surface area contributed by atoms with E-state index in [2.05, 4.69) is 126 Å². The number of benzene rings is 3. The second-order valence-electron chi connectivity index (χ2n) is 9.39. The number of nitrogens with zero attached hydrogens (tertiary/aromatic N) is 1. The highest BCUT2D eigenvalue weighted by Gasteiger charge is 2.47. The zero-order chi connectivity index (χ0) is 25.0. The quantitative estimate of drug-likeness (QED) is 0.249. The molecule has 1 heterocycles. The Bertz CT molecular complexity index is 1070. The largest absolute Gasteiger partial charge is 0.381 e. The first-order valence-corrected chi connectivity index (χ1v) is 13.1. The first kappa shape index (κ1) is 25.0. The van der Waals surface area contributed by atoms with Crippen LogP contribution in [0.3, 0.4) is 0 Å². The van der Waals surface area contributed by atoms with Crippen LogP contribution >= 0.6 is 15.9 Å². The van der Waals surface area contributed by atoms with E-state index in [9.17, 15) is 5.41 Å². The van der Waals surface area contributed by atoms with Crippen molar-refractivity contribution >= 4 is 21.8 Å². The summed E-state index contributed by atoms with van der Waals surface area (Å²) < 4.78 is 0. The lowest BCUT2D eigenvalue weighted by atomic mass is 9.74. The Balaban J connectivity index is 2.02. The fraction of sp³-hybridized carbons (Fsp3) is 0.258. The molecule has 4 atom stereocenters. The van der Waals surface area contributed by atoms with E-state index in [-0.39, 0.29) is 12.0 Å². The summed E-state index contributed by atoms with van der Waals surface area (Å²) in [5.41, 5.74) is 3.27. The van der Waals surface area contributed by atoms with Crippen LogP contribution in [0.5, 0.6) is 0 Å². The van der Waals surface area contributed by atoms with Crippen molar-refractivity contribution in [3.05, 3.63) is 132 Å². The number of amidine groups is 1. The molecule has 0 fully saturated rings. The third-order valence-electron chi connectivity index (χ3n) is 7.36. The Morgan fingerprint density at radius 2 is 1.26 bits per heavy atom. The third-order valence-corrected chi connectivity index (χ3v) is 8.20. The minimum atomic E-state index is -0.768. The van der Waals surface area contributed by atoms with Gasteiger partial charge in [0.2, 0.25) is 0 Å². The monoisotopic (exact) mass is 527 g/mol. The van der Waals surface area contributed by atoms with Gasteiger partial charge in [-0.05, 0) is 40.8 Å². The van der Waals surface area contributed by atoms with Crippen molar-refractivity contribution < 1.29 is 0 Å². The minimum absolute atomic E-state index is 0.184. The van der Waals surface area contributed by atoms with Crippen LogP contribution in [0.4, 0.5) is 0 Å². The molecule has 4 heteroatoms. The Morgan fingerprint density at radius 3 is 1.66 bits per heavy atom. The summed E-state index contributed by atoms with van der Waals surface area (Å²) in [5.74, 6) is 1.06. The molecule has 1 aliphatic rings. The van der Waals surface area contributed by atoms with Crippen molar-refractivity contribution in [3.63, 3.8) is 0 Å². The molecule has 0 saturated carbocycles. The van der Waals surface area contributed by atoms with E-state index >= 15 is 0 Å². The van der Waals surface area contributed by atoms with Crippen LogP contribution in [-0.4, -0.2) is 21.6 Å². The number of halogens is 1. The van der Waals surface area contributed by atoms with E-state index in [4.69, 9.17) is 0 Å². The van der Waals surface area contributed by atoms with Crippen LogP contribution < -0.4 is 5.32 Å². The average molecular weight is 529 g/mol. The molecule has 4 rings (SSSR count). The van der Waals surface area contributed by atoms with Gasteiger partial charge >= 0.3 is 0 Å². The number of nitrogens with one attached hydrogen (secondary N) is 2. The van der Waals surface area contributed by atoms with Gasteiger partial charge in [-0.25, -0.2) is 0 Å². The summed E-state index contributed by atoms with van der Waals surface area (Å²) in [5, 5.41) is 13.2. The van der Waals surface area contributed by atoms with Gasteiger partial charge in [-0.2, -0.15) is 0 Å². The smallest absolute Gasteiger partial charge is 0.125 e. The molecule has 1 aliphatic heterocycles. The second kappa shape index (κ2) is 10.7. The highest BCUT2D eigenvalue weighted by atomic mass is 79.9. The van der Waals surface area contributed by atoms with E-state index in [1.54, 1.807) is 0 Å². The standard InChI is InChI=1S/C31H34BrN3/c1-22-20-21-34-29(24(3)23(2)25(4)32)30(33)35(22)31(26-14-8-5-9-15-26,27-16-10-6-11-17-27)28-18-12-7-13-19-28/h5-21,23-25,29,33-34H,1H2,2-4H3/t23-,24-,25-,29?/m1/s1. The molecular weight excluding hydrogens is 494 g/mol. The first-order valence-electron chi connectivity index (χ1n) is 12.2. The molecule has 0 amide bonds. The molecule has 0 bridgehead atoms. The van der Waals surface area contributed by atoms with E-state index in [0.29, 0.717) is 16.6 Å². The number of hydrogen-bond acceptors (Lipinski definition) is 2. The Kier molecular flexibility index (Phi) is 7.61. The molecule has 1 unspecified atom stereocenters. The Morgan fingerprint density at radius 1 is 0.829 bits per heavy atom. The second-order valence-corrected chi connectivity index (χ2v) is 10.8. The lowest BCUT2D eigenvalue weighted by Crippen LogP contribution is -2.56. The van der Waals surface area contributed by atoms with Crippen LogP contribution in [0.25, 0.3) is 0 Å². The molecule has 0 radical (unpaired) electrons. The minimum Gasteiger partial charge on any atom is -0.381 e. The highest BCUT2D eigenvalue weighted by molar-refractivity contribution is 9.09. The lowest BCUT2D eigenvalue weighted by molar-refractivity contribution is 0.289. The summed E-state index contributed by atoms with van der Waals surface area (Å²) in [4.78, 5) is 2.47. The Hall–Kier alpha value is -3.11. The third kappa shape index (κ3) is 4.60. The fourth-order valence-electron chi connectivity index (χ4n) is 5.14. The summed E-state index contributed by atoms with van der Waals surface area (Å²) in [7, 11) is 0. The maximum Gasteiger partial charge on any atom is 0.125 e. The first-order chi connectivity index (χ1) is 16.9. The van der Waals surface area contributed by atoms with Crippen LogP contribution in [0.1, 0.15) is 37.5 Å². The van der Waals surface area contributed by atoms with Crippen molar-refractivity contribution in [2.45, 2.75) is 37.2 Å². The topological polar surface area (TPSA) is 39.1 Å². The van der Waals surface area contributed by atoms with Gasteiger partial charge in [0.15, 0.2) is 0 Å². The molecule has 3 aromatic carbocycles. The SMILES string of the molecule is C=C1C=CNC([C@H](C)[C@@H](C)[C@@H](C)Br)C(=N)N1C(c1ccccc1)(c1ccccc1)c1ccccc1. The van der Waals surface area contributed by atoms with Gasteiger partial charge in [0.25, 0.3) is 0 Å². The lowest BCUT2D eigenvalue weighted by Gasteiger charge is -2.48. The van der Waals surface area contributed by atoms with Crippen LogP contribution in [0.15, 0.2) is 116 Å². The molecule has 0 aromatic heterocycles. The molecule has 0 aliphatic carbocycles. The summed E-state index contributed by atoms with van der Waals surface area (Å²) in [6.45, 7) is 11.1. The average Bonchev–Trinajstić information content (AvgIpc) is 3.04. The van der Waals surface area contributed by atoms with E-state index < -0.39 is 5.54 Å². The van der Waals surface area contributed by atoms with Gasteiger partial charge in [-0.3, -0.25) is 5.41 Å². The van der Waals surface area contributed by atoms with Crippen LogP contribution in [0.2, 0.25) is 0 Å². The number of hydrogen-bond donors (Lipinski definition) is 2. The molecular formula is C31H34BrN3. The van der Waals surface area contributed by atoms with Gasteiger partial charge in [-0.15, -0.1) is 0 Å². The van der Waals surface area contributed by atoms with Gasteiger partial charge in [-0.1, -0.05) is 134 Å². The predicted octanol–water partition coefficient (Wildman–Crippen LogP) is 7.31. The van der Waals surface area contributed by atoms with Crippen LogP contribution in [0, 0.1) is 17.2 Å². The maximum atomic E-state index is 9.69. The number of alkyl halides is 1. The molecule has 0 saturated heterocycles. The maximum absolute atomic E-state index is 9.69. The summed E-state index contributed by atoms with van der Waals surface area (Å²) >= 11 is 3.78. The van der Waals surface area contributed by atoms with Crippen LogP contribution in [-0.2, 0) is 5.54 Å². The van der Waals surface area contributed by atoms with Crippen molar-refractivity contribution in [1.82, 2.24) is 10.2 Å². The summed E-state index contributed by atoms with van der Waals surface area (Å²) in [6, 6.07) is 31.3.